The van der Waals surface area contributed by atoms with Crippen molar-refractivity contribution in [3.63, 3.8) is 0 Å². The van der Waals surface area contributed by atoms with Crippen LogP contribution >= 0.6 is 11.6 Å². The fourth-order valence-electron chi connectivity index (χ4n) is 1.12. The lowest BCUT2D eigenvalue weighted by molar-refractivity contribution is 0.0690. The quantitative estimate of drug-likeness (QED) is 0.853. The molecule has 16 heavy (non-hydrogen) atoms. The topological polar surface area (TPSA) is 80.9 Å². The van der Waals surface area contributed by atoms with Gasteiger partial charge in [-0.05, 0) is 13.0 Å². The first kappa shape index (κ1) is 10.6. The molecule has 0 aliphatic rings. The third-order valence-electron chi connectivity index (χ3n) is 1.91. The summed E-state index contributed by atoms with van der Waals surface area (Å²) in [6, 6.07) is 1.31. The maximum Gasteiger partial charge on any atom is 0.354 e. The summed E-state index contributed by atoms with van der Waals surface area (Å²) in [6.07, 6.45) is 2.88. The Morgan fingerprint density at radius 3 is 2.88 bits per heavy atom. The first-order valence-electron chi connectivity index (χ1n) is 4.36. The molecule has 0 atom stereocenters. The molecule has 82 valence electrons. The predicted octanol–water partition coefficient (Wildman–Crippen LogP) is 1.32. The van der Waals surface area contributed by atoms with Gasteiger partial charge in [-0.3, -0.25) is 0 Å². The Morgan fingerprint density at radius 1 is 1.56 bits per heavy atom. The van der Waals surface area contributed by atoms with Crippen molar-refractivity contribution < 1.29 is 9.90 Å². The minimum atomic E-state index is -1.11. The molecule has 2 aromatic rings. The molecule has 2 rings (SSSR count). The molecule has 0 unspecified atom stereocenters. The number of carboxylic acids is 1. The van der Waals surface area contributed by atoms with E-state index >= 15 is 0 Å². The van der Waals surface area contributed by atoms with Crippen LogP contribution in [-0.4, -0.2) is 30.8 Å². The van der Waals surface area contributed by atoms with E-state index in [0.29, 0.717) is 10.7 Å². The second-order valence-electron chi connectivity index (χ2n) is 3.05. The van der Waals surface area contributed by atoms with Crippen molar-refractivity contribution in [1.29, 1.82) is 0 Å². The molecular formula is C9H7ClN4O2. The Balaban J connectivity index is 2.48. The molecule has 0 aliphatic heterocycles. The molecule has 6 nitrogen and oxygen atoms in total. The van der Waals surface area contributed by atoms with Crippen LogP contribution < -0.4 is 0 Å². The predicted molar refractivity (Wildman–Crippen MR) is 55.9 cm³/mol. The van der Waals surface area contributed by atoms with Crippen molar-refractivity contribution in [1.82, 2.24) is 19.7 Å². The van der Waals surface area contributed by atoms with Crippen LogP contribution in [0.5, 0.6) is 0 Å². The van der Waals surface area contributed by atoms with Gasteiger partial charge in [0, 0.05) is 6.20 Å². The molecule has 0 aromatic carbocycles. The van der Waals surface area contributed by atoms with E-state index in [0.717, 1.165) is 0 Å². The molecule has 1 N–H and O–H groups in total. The lowest BCUT2D eigenvalue weighted by atomic mass is 10.4. The number of aromatic nitrogens is 4. The summed E-state index contributed by atoms with van der Waals surface area (Å²) in [4.78, 5) is 18.5. The second-order valence-corrected chi connectivity index (χ2v) is 3.46. The molecule has 0 aliphatic carbocycles. The van der Waals surface area contributed by atoms with Crippen molar-refractivity contribution in [2.24, 2.45) is 0 Å². The van der Waals surface area contributed by atoms with Gasteiger partial charge in [-0.15, -0.1) is 0 Å². The van der Waals surface area contributed by atoms with E-state index in [9.17, 15) is 4.79 Å². The fourth-order valence-corrected chi connectivity index (χ4v) is 1.25. The van der Waals surface area contributed by atoms with Crippen LogP contribution in [0.25, 0.3) is 5.95 Å². The Bertz CT molecular complexity index is 533. The SMILES string of the molecule is Cc1nn(-c2nccc(C(=O)O)n2)cc1Cl. The highest BCUT2D eigenvalue weighted by atomic mass is 35.5. The van der Waals surface area contributed by atoms with Crippen LogP contribution in [-0.2, 0) is 0 Å². The van der Waals surface area contributed by atoms with Crippen LogP contribution in [0.1, 0.15) is 16.2 Å². The van der Waals surface area contributed by atoms with E-state index in [-0.39, 0.29) is 11.6 Å². The van der Waals surface area contributed by atoms with Crippen LogP contribution in [0.4, 0.5) is 0 Å². The van der Waals surface area contributed by atoms with Crippen LogP contribution in [0, 0.1) is 6.92 Å². The third kappa shape index (κ3) is 1.87. The smallest absolute Gasteiger partial charge is 0.354 e. The van der Waals surface area contributed by atoms with E-state index < -0.39 is 5.97 Å². The molecule has 0 fully saturated rings. The summed E-state index contributed by atoms with van der Waals surface area (Å²) in [7, 11) is 0. The maximum atomic E-state index is 10.7. The molecule has 0 amide bonds. The normalized spacial score (nSPS) is 10.4. The highest BCUT2D eigenvalue weighted by Crippen LogP contribution is 2.14. The van der Waals surface area contributed by atoms with Gasteiger partial charge in [0.05, 0.1) is 16.9 Å². The Labute approximate surface area is 95.5 Å². The largest absolute Gasteiger partial charge is 0.477 e. The summed E-state index contributed by atoms with van der Waals surface area (Å²) in [5.41, 5.74) is 0.542. The van der Waals surface area contributed by atoms with E-state index in [1.54, 1.807) is 6.92 Å². The molecule has 0 radical (unpaired) electrons. The average molecular weight is 239 g/mol. The van der Waals surface area contributed by atoms with Gasteiger partial charge in [0.2, 0.25) is 0 Å². The van der Waals surface area contributed by atoms with Crippen molar-refractivity contribution in [3.05, 3.63) is 34.9 Å². The standard InChI is InChI=1S/C9H7ClN4O2/c1-5-6(10)4-14(13-5)9-11-3-2-7(12-9)8(15)16/h2-4H,1H3,(H,15,16). The van der Waals surface area contributed by atoms with Gasteiger partial charge in [0.25, 0.3) is 5.95 Å². The number of aromatic carboxylic acids is 1. The Kier molecular flexibility index (Phi) is 2.57. The number of aryl methyl sites for hydroxylation is 1. The Morgan fingerprint density at radius 2 is 2.31 bits per heavy atom. The van der Waals surface area contributed by atoms with Crippen molar-refractivity contribution >= 4 is 17.6 Å². The molecule has 0 saturated carbocycles. The van der Waals surface area contributed by atoms with Crippen molar-refractivity contribution in [2.45, 2.75) is 6.92 Å². The zero-order valence-corrected chi connectivity index (χ0v) is 9.01. The molecule has 0 bridgehead atoms. The van der Waals surface area contributed by atoms with E-state index in [1.807, 2.05) is 0 Å². The van der Waals surface area contributed by atoms with Crippen molar-refractivity contribution in [2.75, 3.05) is 0 Å². The number of rotatable bonds is 2. The lowest BCUT2D eigenvalue weighted by Gasteiger charge is -1.99. The molecule has 2 heterocycles. The molecular weight excluding hydrogens is 232 g/mol. The minimum absolute atomic E-state index is 0.0886. The number of hydrogen-bond donors (Lipinski definition) is 1. The van der Waals surface area contributed by atoms with Gasteiger partial charge in [-0.2, -0.15) is 5.10 Å². The fraction of sp³-hybridized carbons (Fsp3) is 0.111. The summed E-state index contributed by atoms with van der Waals surface area (Å²) < 4.78 is 1.34. The van der Waals surface area contributed by atoms with Gasteiger partial charge in [-0.25, -0.2) is 19.4 Å². The van der Waals surface area contributed by atoms with Gasteiger partial charge in [0.15, 0.2) is 5.69 Å². The second kappa shape index (κ2) is 3.90. The van der Waals surface area contributed by atoms with E-state index in [4.69, 9.17) is 16.7 Å². The molecule has 0 saturated heterocycles. The third-order valence-corrected chi connectivity index (χ3v) is 2.28. The van der Waals surface area contributed by atoms with E-state index in [2.05, 4.69) is 15.1 Å². The van der Waals surface area contributed by atoms with E-state index in [1.165, 1.54) is 23.1 Å². The van der Waals surface area contributed by atoms with Crippen LogP contribution in [0.3, 0.4) is 0 Å². The molecule has 0 spiro atoms. The minimum Gasteiger partial charge on any atom is -0.477 e. The maximum absolute atomic E-state index is 10.7. The number of carbonyl (C=O) groups is 1. The summed E-state index contributed by atoms with van der Waals surface area (Å²) in [5, 5.41) is 13.3. The summed E-state index contributed by atoms with van der Waals surface area (Å²) in [6.45, 7) is 1.74. The zero-order valence-electron chi connectivity index (χ0n) is 8.25. The van der Waals surface area contributed by atoms with Crippen LogP contribution in [0.2, 0.25) is 5.02 Å². The Hall–Kier alpha value is -1.95. The first-order valence-corrected chi connectivity index (χ1v) is 4.74. The van der Waals surface area contributed by atoms with Gasteiger partial charge in [-0.1, -0.05) is 11.6 Å². The van der Waals surface area contributed by atoms with Gasteiger partial charge < -0.3 is 5.11 Å². The van der Waals surface area contributed by atoms with Gasteiger partial charge >= 0.3 is 5.97 Å². The number of carboxylic acid groups (broad SMARTS) is 1. The number of halogens is 1. The summed E-state index contributed by atoms with van der Waals surface area (Å²) >= 11 is 5.83. The summed E-state index contributed by atoms with van der Waals surface area (Å²) in [5.74, 6) is -0.937. The monoisotopic (exact) mass is 238 g/mol. The molecule has 2 aromatic heterocycles. The lowest BCUT2D eigenvalue weighted by Crippen LogP contribution is -2.07. The number of hydrogen-bond acceptors (Lipinski definition) is 4. The highest BCUT2D eigenvalue weighted by Gasteiger charge is 2.09. The number of nitrogens with zero attached hydrogens (tertiary/aromatic N) is 4. The van der Waals surface area contributed by atoms with Crippen molar-refractivity contribution in [3.8, 4) is 5.95 Å². The van der Waals surface area contributed by atoms with Crippen LogP contribution in [0.15, 0.2) is 18.5 Å². The average Bonchev–Trinajstić information content (AvgIpc) is 2.59. The van der Waals surface area contributed by atoms with Gasteiger partial charge in [0.1, 0.15) is 0 Å². The highest BCUT2D eigenvalue weighted by molar-refractivity contribution is 6.31. The first-order chi connectivity index (χ1) is 7.58. The molecule has 7 heteroatoms. The zero-order chi connectivity index (χ0) is 11.7.